The Morgan fingerprint density at radius 2 is 2.08 bits per heavy atom. The smallest absolute Gasteiger partial charge is 0.319 e. The third kappa shape index (κ3) is 3.91. The molecule has 2 amide bonds. The molecule has 1 aromatic carbocycles. The van der Waals surface area contributed by atoms with Crippen LogP contribution in [-0.2, 0) is 0 Å². The molecule has 0 spiro atoms. The predicted octanol–water partition coefficient (Wildman–Crippen LogP) is 3.05. The summed E-state index contributed by atoms with van der Waals surface area (Å²) < 4.78 is 1.86. The highest BCUT2D eigenvalue weighted by molar-refractivity contribution is 5.90. The first-order valence-corrected chi connectivity index (χ1v) is 8.58. The molecule has 0 aliphatic heterocycles. The summed E-state index contributed by atoms with van der Waals surface area (Å²) in [5.74, 6) is 0.320. The summed E-state index contributed by atoms with van der Waals surface area (Å²) in [6.45, 7) is 4.26. The molecule has 6 heteroatoms. The Morgan fingerprint density at radius 3 is 2.72 bits per heavy atom. The summed E-state index contributed by atoms with van der Waals surface area (Å²) in [7, 11) is 0. The van der Waals surface area contributed by atoms with Gasteiger partial charge in [0, 0.05) is 18.6 Å². The summed E-state index contributed by atoms with van der Waals surface area (Å²) in [5.41, 5.74) is 2.62. The topological polar surface area (TPSA) is 79.2 Å². The lowest BCUT2D eigenvalue weighted by Crippen LogP contribution is -2.36. The van der Waals surface area contributed by atoms with E-state index >= 15 is 0 Å². The number of aliphatic hydroxyl groups excluding tert-OH is 1. The van der Waals surface area contributed by atoms with E-state index < -0.39 is 0 Å². The first-order valence-electron chi connectivity index (χ1n) is 8.58. The number of amides is 2. The second-order valence-electron chi connectivity index (χ2n) is 6.61. The Bertz CT molecular complexity index is 752. The van der Waals surface area contributed by atoms with Crippen LogP contribution in [0.15, 0.2) is 48.7 Å². The number of carbonyl (C=O) groups is 1. The van der Waals surface area contributed by atoms with E-state index in [0.717, 1.165) is 17.8 Å². The molecule has 132 valence electrons. The molecule has 1 aliphatic rings. The number of anilines is 1. The molecule has 0 saturated carbocycles. The van der Waals surface area contributed by atoms with Gasteiger partial charge in [0.1, 0.15) is 0 Å². The van der Waals surface area contributed by atoms with Crippen molar-refractivity contribution in [1.29, 1.82) is 0 Å². The van der Waals surface area contributed by atoms with E-state index in [9.17, 15) is 9.90 Å². The van der Waals surface area contributed by atoms with Gasteiger partial charge in [0.2, 0.25) is 0 Å². The number of nitrogens with one attached hydrogen (secondary N) is 2. The van der Waals surface area contributed by atoms with Gasteiger partial charge in [-0.1, -0.05) is 44.2 Å². The van der Waals surface area contributed by atoms with Crippen molar-refractivity contribution in [3.05, 3.63) is 54.4 Å². The molecule has 2 atom stereocenters. The molecule has 0 radical (unpaired) electrons. The first kappa shape index (κ1) is 17.2. The summed E-state index contributed by atoms with van der Waals surface area (Å²) >= 11 is 0. The minimum absolute atomic E-state index is 0.0520. The molecule has 25 heavy (non-hydrogen) atoms. The highest BCUT2D eigenvalue weighted by Crippen LogP contribution is 2.27. The Hall–Kier alpha value is -2.60. The number of urea groups is 1. The van der Waals surface area contributed by atoms with Gasteiger partial charge >= 0.3 is 6.03 Å². The molecule has 1 heterocycles. The maximum absolute atomic E-state index is 12.3. The molecule has 3 N–H and O–H groups in total. The van der Waals surface area contributed by atoms with Crippen molar-refractivity contribution >= 4 is 11.7 Å². The summed E-state index contributed by atoms with van der Waals surface area (Å²) in [4.78, 5) is 12.3. The number of carbonyl (C=O) groups excluding carboxylic acids is 1. The van der Waals surface area contributed by atoms with Crippen LogP contribution in [0.4, 0.5) is 10.5 Å². The van der Waals surface area contributed by atoms with Crippen LogP contribution in [-0.4, -0.2) is 33.6 Å². The highest BCUT2D eigenvalue weighted by Gasteiger charge is 2.21. The monoisotopic (exact) mass is 340 g/mol. The van der Waals surface area contributed by atoms with Crippen molar-refractivity contribution in [3.8, 4) is 5.69 Å². The predicted molar refractivity (Wildman–Crippen MR) is 97.9 cm³/mol. The van der Waals surface area contributed by atoms with Crippen molar-refractivity contribution in [2.24, 2.45) is 5.92 Å². The van der Waals surface area contributed by atoms with Gasteiger partial charge in [-0.05, 0) is 24.5 Å². The van der Waals surface area contributed by atoms with Gasteiger partial charge < -0.3 is 15.7 Å². The van der Waals surface area contributed by atoms with Crippen molar-refractivity contribution in [1.82, 2.24) is 15.1 Å². The third-order valence-corrected chi connectivity index (χ3v) is 4.33. The fourth-order valence-corrected chi connectivity index (χ4v) is 3.13. The Balaban J connectivity index is 1.73. The van der Waals surface area contributed by atoms with Gasteiger partial charge in [-0.15, -0.1) is 0 Å². The second kappa shape index (κ2) is 7.53. The lowest BCUT2D eigenvalue weighted by Gasteiger charge is -2.16. The van der Waals surface area contributed by atoms with Crippen LogP contribution >= 0.6 is 0 Å². The quantitative estimate of drug-likeness (QED) is 0.732. The number of nitrogens with zero attached hydrogens (tertiary/aromatic N) is 2. The van der Waals surface area contributed by atoms with E-state index in [1.165, 1.54) is 0 Å². The molecule has 0 saturated heterocycles. The van der Waals surface area contributed by atoms with Gasteiger partial charge in [0.15, 0.2) is 0 Å². The molecule has 1 aromatic heterocycles. The minimum atomic E-state index is -0.261. The normalized spacial score (nSPS) is 19.4. The van der Waals surface area contributed by atoms with Crippen molar-refractivity contribution < 1.29 is 9.90 Å². The maximum Gasteiger partial charge on any atom is 0.319 e. The van der Waals surface area contributed by atoms with Crippen LogP contribution in [0.3, 0.4) is 0 Å². The van der Waals surface area contributed by atoms with Crippen LogP contribution in [0.2, 0.25) is 0 Å². The Labute approximate surface area is 147 Å². The fourth-order valence-electron chi connectivity index (χ4n) is 3.13. The van der Waals surface area contributed by atoms with E-state index in [-0.39, 0.29) is 30.5 Å². The molecular weight excluding hydrogens is 316 g/mol. The highest BCUT2D eigenvalue weighted by atomic mass is 16.3. The lowest BCUT2D eigenvalue weighted by molar-refractivity contribution is 0.238. The number of hydrogen-bond donors (Lipinski definition) is 3. The number of hydrogen-bond acceptors (Lipinski definition) is 3. The van der Waals surface area contributed by atoms with E-state index in [0.29, 0.717) is 5.69 Å². The molecule has 0 unspecified atom stereocenters. The van der Waals surface area contributed by atoms with Gasteiger partial charge in [-0.2, -0.15) is 5.10 Å². The first-order chi connectivity index (χ1) is 12.1. The molecule has 3 rings (SSSR count). The van der Waals surface area contributed by atoms with Crippen molar-refractivity contribution in [2.45, 2.75) is 32.2 Å². The largest absolute Gasteiger partial charge is 0.396 e. The number of aliphatic hydroxyl groups is 1. The van der Waals surface area contributed by atoms with Crippen LogP contribution in [0.25, 0.3) is 5.69 Å². The van der Waals surface area contributed by atoms with Crippen LogP contribution in [0.1, 0.15) is 31.9 Å². The van der Waals surface area contributed by atoms with E-state index in [4.69, 9.17) is 0 Å². The molecule has 0 fully saturated rings. The number of para-hydroxylation sites is 1. The molecular formula is C19H24N4O2. The van der Waals surface area contributed by atoms with Gasteiger partial charge in [0.05, 0.1) is 23.3 Å². The summed E-state index contributed by atoms with van der Waals surface area (Å²) in [6.07, 6.45) is 6.28. The zero-order valence-corrected chi connectivity index (χ0v) is 14.5. The third-order valence-electron chi connectivity index (χ3n) is 4.33. The summed E-state index contributed by atoms with van der Waals surface area (Å²) in [6, 6.07) is 9.55. The zero-order chi connectivity index (χ0) is 17.8. The number of aromatic nitrogens is 2. The molecule has 2 aromatic rings. The van der Waals surface area contributed by atoms with E-state index in [1.54, 1.807) is 6.20 Å². The minimum Gasteiger partial charge on any atom is -0.396 e. The Morgan fingerprint density at radius 1 is 1.32 bits per heavy atom. The number of rotatable bonds is 5. The average molecular weight is 340 g/mol. The standard InChI is InChI=1S/C19H24N4O2/c1-13(2)18-17(11-20-23(18)16-6-4-3-5-7-16)22-19(25)21-15-9-8-14(10-15)12-24/h3-9,11,13-15,24H,10,12H2,1-2H3,(H2,21,22,25)/t14-,15+/m0/s1. The fraction of sp³-hybridized carbons (Fsp3) is 0.368. The van der Waals surface area contributed by atoms with Crippen LogP contribution in [0.5, 0.6) is 0 Å². The van der Waals surface area contributed by atoms with Gasteiger partial charge in [-0.3, -0.25) is 0 Å². The van der Waals surface area contributed by atoms with E-state index in [1.807, 2.05) is 47.2 Å². The second-order valence-corrected chi connectivity index (χ2v) is 6.61. The van der Waals surface area contributed by atoms with E-state index in [2.05, 4.69) is 29.6 Å². The lowest BCUT2D eigenvalue weighted by atomic mass is 10.1. The maximum atomic E-state index is 12.3. The van der Waals surface area contributed by atoms with Crippen LogP contribution in [0, 0.1) is 5.92 Å². The van der Waals surface area contributed by atoms with Crippen molar-refractivity contribution in [3.63, 3.8) is 0 Å². The Kier molecular flexibility index (Phi) is 5.19. The average Bonchev–Trinajstić information content (AvgIpc) is 3.22. The molecule has 0 bridgehead atoms. The summed E-state index contributed by atoms with van der Waals surface area (Å²) in [5, 5.41) is 19.4. The molecule has 6 nitrogen and oxygen atoms in total. The van der Waals surface area contributed by atoms with Crippen molar-refractivity contribution in [2.75, 3.05) is 11.9 Å². The SMILES string of the molecule is CC(C)c1c(NC(=O)N[C@@H]2C=C[C@H](CO)C2)cnn1-c1ccccc1. The molecule has 1 aliphatic carbocycles. The van der Waals surface area contributed by atoms with Gasteiger partial charge in [-0.25, -0.2) is 9.48 Å². The van der Waals surface area contributed by atoms with Crippen LogP contribution < -0.4 is 10.6 Å². The van der Waals surface area contributed by atoms with Gasteiger partial charge in [0.25, 0.3) is 0 Å². The zero-order valence-electron chi connectivity index (χ0n) is 14.5. The number of benzene rings is 1.